The molecule has 1 aliphatic heterocycles. The number of halogens is 1. The van der Waals surface area contributed by atoms with Gasteiger partial charge in [0.1, 0.15) is 5.15 Å². The molecule has 1 unspecified atom stereocenters. The van der Waals surface area contributed by atoms with Crippen LogP contribution in [0.15, 0.2) is 12.1 Å². The molecular weight excluding hydrogens is 252 g/mol. The normalized spacial score (nSPS) is 23.4. The van der Waals surface area contributed by atoms with E-state index in [0.717, 1.165) is 17.1 Å². The van der Waals surface area contributed by atoms with Gasteiger partial charge in [-0.1, -0.05) is 25.4 Å². The SMILES string of the molecule is Cc1nc(Cl)ccc1NC1CSCCC1(C)C. The Morgan fingerprint density at radius 2 is 2.24 bits per heavy atom. The highest BCUT2D eigenvalue weighted by Gasteiger charge is 2.32. The molecule has 0 amide bonds. The minimum absolute atomic E-state index is 0.345. The Balaban J connectivity index is 2.14. The van der Waals surface area contributed by atoms with E-state index in [0.29, 0.717) is 16.6 Å². The maximum absolute atomic E-state index is 5.87. The topological polar surface area (TPSA) is 24.9 Å². The van der Waals surface area contributed by atoms with Crippen molar-refractivity contribution in [2.45, 2.75) is 33.2 Å². The van der Waals surface area contributed by atoms with Crippen molar-refractivity contribution < 1.29 is 0 Å². The molecule has 0 saturated carbocycles. The van der Waals surface area contributed by atoms with Crippen LogP contribution >= 0.6 is 23.4 Å². The van der Waals surface area contributed by atoms with Gasteiger partial charge in [-0.15, -0.1) is 0 Å². The van der Waals surface area contributed by atoms with Gasteiger partial charge < -0.3 is 5.32 Å². The van der Waals surface area contributed by atoms with Gasteiger partial charge in [0.25, 0.3) is 0 Å². The van der Waals surface area contributed by atoms with Crippen LogP contribution in [0.25, 0.3) is 0 Å². The molecule has 1 saturated heterocycles. The van der Waals surface area contributed by atoms with Crippen molar-refractivity contribution in [3.05, 3.63) is 23.0 Å². The van der Waals surface area contributed by atoms with Crippen LogP contribution in [-0.4, -0.2) is 22.5 Å². The molecule has 0 aromatic carbocycles. The Kier molecular flexibility index (Phi) is 3.88. The Hall–Kier alpha value is -0.410. The molecule has 1 aromatic heterocycles. The maximum atomic E-state index is 5.87. The predicted molar refractivity (Wildman–Crippen MR) is 77.1 cm³/mol. The number of thioether (sulfide) groups is 1. The van der Waals surface area contributed by atoms with E-state index >= 15 is 0 Å². The number of aromatic nitrogens is 1. The molecule has 0 spiro atoms. The van der Waals surface area contributed by atoms with Crippen molar-refractivity contribution in [1.82, 2.24) is 4.98 Å². The molecule has 1 aliphatic rings. The molecule has 2 nitrogen and oxygen atoms in total. The second kappa shape index (κ2) is 5.07. The Morgan fingerprint density at radius 3 is 2.88 bits per heavy atom. The molecule has 0 radical (unpaired) electrons. The lowest BCUT2D eigenvalue weighted by atomic mass is 9.82. The van der Waals surface area contributed by atoms with Crippen molar-refractivity contribution >= 4 is 29.1 Å². The average Bonchev–Trinajstić information content (AvgIpc) is 2.24. The Labute approximate surface area is 113 Å². The molecule has 94 valence electrons. The molecule has 1 fully saturated rings. The van der Waals surface area contributed by atoms with Gasteiger partial charge in [0.2, 0.25) is 0 Å². The van der Waals surface area contributed by atoms with Crippen molar-refractivity contribution in [2.75, 3.05) is 16.8 Å². The molecule has 2 heterocycles. The van der Waals surface area contributed by atoms with Crippen LogP contribution in [-0.2, 0) is 0 Å². The number of hydrogen-bond donors (Lipinski definition) is 1. The molecule has 1 N–H and O–H groups in total. The van der Waals surface area contributed by atoms with Crippen LogP contribution in [0.2, 0.25) is 5.15 Å². The van der Waals surface area contributed by atoms with Crippen LogP contribution in [0.5, 0.6) is 0 Å². The predicted octanol–water partition coefficient (Wildman–Crippen LogP) is 3.99. The highest BCUT2D eigenvalue weighted by molar-refractivity contribution is 7.99. The minimum Gasteiger partial charge on any atom is -0.379 e. The molecule has 1 aromatic rings. The second-order valence-corrected chi connectivity index (χ2v) is 6.81. The lowest BCUT2D eigenvalue weighted by Crippen LogP contribution is -2.41. The van der Waals surface area contributed by atoms with Crippen LogP contribution in [0, 0.1) is 12.3 Å². The fraction of sp³-hybridized carbons (Fsp3) is 0.615. The van der Waals surface area contributed by atoms with Gasteiger partial charge in [0.05, 0.1) is 11.4 Å². The second-order valence-electron chi connectivity index (χ2n) is 5.28. The average molecular weight is 271 g/mol. The van der Waals surface area contributed by atoms with E-state index in [-0.39, 0.29) is 0 Å². The van der Waals surface area contributed by atoms with Crippen molar-refractivity contribution in [1.29, 1.82) is 0 Å². The van der Waals surface area contributed by atoms with Crippen molar-refractivity contribution in [2.24, 2.45) is 5.41 Å². The van der Waals surface area contributed by atoms with E-state index in [9.17, 15) is 0 Å². The monoisotopic (exact) mass is 270 g/mol. The summed E-state index contributed by atoms with van der Waals surface area (Å²) < 4.78 is 0. The summed E-state index contributed by atoms with van der Waals surface area (Å²) in [6, 6.07) is 4.38. The molecular formula is C13H19ClN2S. The summed E-state index contributed by atoms with van der Waals surface area (Å²) in [5.41, 5.74) is 2.43. The number of rotatable bonds is 2. The molecule has 17 heavy (non-hydrogen) atoms. The van der Waals surface area contributed by atoms with Gasteiger partial charge >= 0.3 is 0 Å². The molecule has 2 rings (SSSR count). The first kappa shape index (κ1) is 13.0. The fourth-order valence-corrected chi connectivity index (χ4v) is 3.84. The van der Waals surface area contributed by atoms with Crippen LogP contribution in [0.4, 0.5) is 5.69 Å². The van der Waals surface area contributed by atoms with Crippen molar-refractivity contribution in [3.63, 3.8) is 0 Å². The third kappa shape index (κ3) is 3.08. The first-order valence-electron chi connectivity index (χ1n) is 5.96. The summed E-state index contributed by atoms with van der Waals surface area (Å²) in [6.45, 7) is 6.67. The summed E-state index contributed by atoms with van der Waals surface area (Å²) in [5, 5.41) is 4.19. The highest BCUT2D eigenvalue weighted by atomic mass is 35.5. The van der Waals surface area contributed by atoms with Gasteiger partial charge in [-0.05, 0) is 36.6 Å². The standard InChI is InChI=1S/C13H19ClN2S/c1-9-10(4-5-12(14)15-9)16-11-8-17-7-6-13(11,2)3/h4-5,11,16H,6-8H2,1-3H3. The zero-order chi connectivity index (χ0) is 12.5. The zero-order valence-electron chi connectivity index (χ0n) is 10.6. The number of anilines is 1. The maximum Gasteiger partial charge on any atom is 0.129 e. The Morgan fingerprint density at radius 1 is 1.47 bits per heavy atom. The molecule has 1 atom stereocenters. The van der Waals surface area contributed by atoms with Crippen LogP contribution in [0.3, 0.4) is 0 Å². The number of nitrogens with zero attached hydrogens (tertiary/aromatic N) is 1. The van der Waals surface area contributed by atoms with Crippen LogP contribution in [0.1, 0.15) is 26.0 Å². The zero-order valence-corrected chi connectivity index (χ0v) is 12.2. The number of aryl methyl sites for hydroxylation is 1. The Bertz CT molecular complexity index is 406. The van der Waals surface area contributed by atoms with E-state index in [1.807, 2.05) is 30.8 Å². The lowest BCUT2D eigenvalue weighted by molar-refractivity contribution is 0.305. The quantitative estimate of drug-likeness (QED) is 0.823. The third-order valence-corrected chi connectivity index (χ3v) is 4.77. The summed E-state index contributed by atoms with van der Waals surface area (Å²) >= 11 is 7.90. The fourth-order valence-electron chi connectivity index (χ4n) is 2.04. The lowest BCUT2D eigenvalue weighted by Gasteiger charge is -2.39. The first-order valence-corrected chi connectivity index (χ1v) is 7.50. The van der Waals surface area contributed by atoms with Gasteiger partial charge in [-0.25, -0.2) is 4.98 Å². The molecule has 0 bridgehead atoms. The number of nitrogens with one attached hydrogen (secondary N) is 1. The summed E-state index contributed by atoms with van der Waals surface area (Å²) in [6.07, 6.45) is 1.26. The number of hydrogen-bond acceptors (Lipinski definition) is 3. The molecule has 4 heteroatoms. The van der Waals surface area contributed by atoms with E-state index in [1.165, 1.54) is 12.2 Å². The highest BCUT2D eigenvalue weighted by Crippen LogP contribution is 2.36. The van der Waals surface area contributed by atoms with E-state index in [4.69, 9.17) is 11.6 Å². The first-order chi connectivity index (χ1) is 7.99. The van der Waals surface area contributed by atoms with Gasteiger partial charge in [-0.2, -0.15) is 11.8 Å². The van der Waals surface area contributed by atoms with Gasteiger partial charge in [0.15, 0.2) is 0 Å². The summed E-state index contributed by atoms with van der Waals surface area (Å²) in [5.74, 6) is 2.43. The molecule has 0 aliphatic carbocycles. The van der Waals surface area contributed by atoms with Crippen molar-refractivity contribution in [3.8, 4) is 0 Å². The minimum atomic E-state index is 0.345. The van der Waals surface area contributed by atoms with E-state index in [1.54, 1.807) is 0 Å². The number of pyridine rings is 1. The van der Waals surface area contributed by atoms with Gasteiger partial charge in [-0.3, -0.25) is 0 Å². The largest absolute Gasteiger partial charge is 0.379 e. The summed E-state index contributed by atoms with van der Waals surface area (Å²) in [4.78, 5) is 4.28. The third-order valence-electron chi connectivity index (χ3n) is 3.50. The summed E-state index contributed by atoms with van der Waals surface area (Å²) in [7, 11) is 0. The van der Waals surface area contributed by atoms with Crippen LogP contribution < -0.4 is 5.32 Å². The van der Waals surface area contributed by atoms with Gasteiger partial charge in [0, 0.05) is 11.8 Å². The smallest absolute Gasteiger partial charge is 0.129 e. The van der Waals surface area contributed by atoms with E-state index < -0.39 is 0 Å². The van der Waals surface area contributed by atoms with E-state index in [2.05, 4.69) is 24.1 Å².